The first-order valence-corrected chi connectivity index (χ1v) is 5.89. The summed E-state index contributed by atoms with van der Waals surface area (Å²) in [5, 5.41) is 3.71. The highest BCUT2D eigenvalue weighted by molar-refractivity contribution is 9.09. The Morgan fingerprint density at radius 1 is 1.50 bits per heavy atom. The van der Waals surface area contributed by atoms with Crippen LogP contribution in [-0.2, 0) is 6.42 Å². The van der Waals surface area contributed by atoms with Crippen molar-refractivity contribution >= 4 is 27.4 Å². The van der Waals surface area contributed by atoms with E-state index in [9.17, 15) is 4.79 Å². The van der Waals surface area contributed by atoms with E-state index < -0.39 is 0 Å². The average Bonchev–Trinajstić information content (AvgIpc) is 2.27. The number of benzene rings is 1. The second-order valence-electron chi connectivity index (χ2n) is 3.46. The first-order chi connectivity index (χ1) is 6.81. The number of hydrogen-bond donors (Lipinski definition) is 1. The van der Waals surface area contributed by atoms with E-state index in [2.05, 4.69) is 27.3 Å². The van der Waals surface area contributed by atoms with Crippen molar-refractivity contribution in [3.8, 4) is 0 Å². The molecule has 0 fully saturated rings. The summed E-state index contributed by atoms with van der Waals surface area (Å²) in [6.45, 7) is 1.01. The van der Waals surface area contributed by atoms with E-state index >= 15 is 0 Å². The van der Waals surface area contributed by atoms with Crippen molar-refractivity contribution in [1.82, 2.24) is 0 Å². The van der Waals surface area contributed by atoms with Crippen molar-refractivity contribution in [2.24, 2.45) is 0 Å². The molecule has 2 nitrogen and oxygen atoms in total. The maximum atomic E-state index is 11.4. The minimum absolute atomic E-state index is 0.139. The Bertz CT molecular complexity index is 362. The number of ketones is 1. The number of aryl methyl sites for hydroxylation is 1. The van der Waals surface area contributed by atoms with Crippen LogP contribution in [0, 0.1) is 0 Å². The smallest absolute Gasteiger partial charge is 0.173 e. The predicted octanol–water partition coefficient (Wildman–Crippen LogP) is 2.62. The van der Waals surface area contributed by atoms with Gasteiger partial charge in [0, 0.05) is 17.8 Å². The summed E-state index contributed by atoms with van der Waals surface area (Å²) in [7, 11) is 0. The largest absolute Gasteiger partial charge is 0.385 e. The van der Waals surface area contributed by atoms with Gasteiger partial charge in [-0.1, -0.05) is 28.1 Å². The van der Waals surface area contributed by atoms with Crippen molar-refractivity contribution < 1.29 is 4.79 Å². The molecule has 0 atom stereocenters. The lowest BCUT2D eigenvalue weighted by molar-refractivity contribution is 0.102. The number of Topliss-reactive ketones (excluding diaryl/α,β-unsaturated/α-hetero) is 1. The van der Waals surface area contributed by atoms with Gasteiger partial charge in [0.1, 0.15) is 0 Å². The molecule has 0 radical (unpaired) electrons. The zero-order chi connectivity index (χ0) is 9.97. The Hall–Kier alpha value is -0.830. The third kappa shape index (κ3) is 1.82. The molecule has 0 amide bonds. The summed E-state index contributed by atoms with van der Waals surface area (Å²) in [4.78, 5) is 11.4. The van der Waals surface area contributed by atoms with Crippen LogP contribution in [0.25, 0.3) is 0 Å². The molecule has 0 aliphatic carbocycles. The molecule has 14 heavy (non-hydrogen) atoms. The number of alkyl halides is 1. The SMILES string of the molecule is O=C(CBr)c1ccc2c(c1)NCCC2. The van der Waals surface area contributed by atoms with E-state index in [4.69, 9.17) is 0 Å². The number of halogens is 1. The minimum Gasteiger partial charge on any atom is -0.385 e. The lowest BCUT2D eigenvalue weighted by Crippen LogP contribution is -2.12. The van der Waals surface area contributed by atoms with Gasteiger partial charge in [0.15, 0.2) is 5.78 Å². The molecule has 1 aliphatic rings. The molecule has 0 aromatic heterocycles. The number of anilines is 1. The summed E-state index contributed by atoms with van der Waals surface area (Å²) < 4.78 is 0. The van der Waals surface area contributed by atoms with Crippen molar-refractivity contribution in [3.05, 3.63) is 29.3 Å². The van der Waals surface area contributed by atoms with Gasteiger partial charge in [-0.25, -0.2) is 0 Å². The lowest BCUT2D eigenvalue weighted by atomic mass is 10.0. The summed E-state index contributed by atoms with van der Waals surface area (Å²) in [5.41, 5.74) is 3.24. The standard InChI is InChI=1S/C11H12BrNO/c12-7-11(14)9-4-3-8-2-1-5-13-10(8)6-9/h3-4,6,13H,1-2,5,7H2. The van der Waals surface area contributed by atoms with Crippen LogP contribution in [0.5, 0.6) is 0 Å². The van der Waals surface area contributed by atoms with Crippen LogP contribution in [0.2, 0.25) is 0 Å². The Kier molecular flexibility index (Phi) is 2.87. The highest BCUT2D eigenvalue weighted by Gasteiger charge is 2.11. The zero-order valence-electron chi connectivity index (χ0n) is 7.85. The maximum Gasteiger partial charge on any atom is 0.173 e. The van der Waals surface area contributed by atoms with E-state index in [1.54, 1.807) is 0 Å². The summed E-state index contributed by atoms with van der Waals surface area (Å²) >= 11 is 3.18. The van der Waals surface area contributed by atoms with E-state index in [1.165, 1.54) is 12.0 Å². The van der Waals surface area contributed by atoms with Gasteiger partial charge in [-0.2, -0.15) is 0 Å². The van der Waals surface area contributed by atoms with Crippen molar-refractivity contribution in [3.63, 3.8) is 0 Å². The zero-order valence-corrected chi connectivity index (χ0v) is 9.43. The molecule has 0 saturated heterocycles. The first kappa shape index (κ1) is 9.71. The molecule has 1 aromatic carbocycles. The molecule has 1 aliphatic heterocycles. The average molecular weight is 254 g/mol. The molecule has 0 saturated carbocycles. The second kappa shape index (κ2) is 4.13. The van der Waals surface area contributed by atoms with Gasteiger partial charge in [-0.05, 0) is 24.5 Å². The fraction of sp³-hybridized carbons (Fsp3) is 0.364. The van der Waals surface area contributed by atoms with Crippen LogP contribution >= 0.6 is 15.9 Å². The number of carbonyl (C=O) groups is 1. The van der Waals surface area contributed by atoms with Crippen LogP contribution in [0.3, 0.4) is 0 Å². The topological polar surface area (TPSA) is 29.1 Å². The molecule has 0 spiro atoms. The predicted molar refractivity (Wildman–Crippen MR) is 61.4 cm³/mol. The van der Waals surface area contributed by atoms with Gasteiger partial charge in [-0.3, -0.25) is 4.79 Å². The molecule has 0 unspecified atom stereocenters. The van der Waals surface area contributed by atoms with Gasteiger partial charge in [-0.15, -0.1) is 0 Å². The summed E-state index contributed by atoms with van der Waals surface area (Å²) in [5.74, 6) is 0.139. The Balaban J connectivity index is 2.33. The van der Waals surface area contributed by atoms with Crippen LogP contribution in [0.1, 0.15) is 22.3 Å². The second-order valence-corrected chi connectivity index (χ2v) is 4.02. The number of rotatable bonds is 2. The monoisotopic (exact) mass is 253 g/mol. The molecular formula is C11H12BrNO. The lowest BCUT2D eigenvalue weighted by Gasteiger charge is -2.18. The highest BCUT2D eigenvalue weighted by Crippen LogP contribution is 2.23. The van der Waals surface area contributed by atoms with Crippen LogP contribution in [0.4, 0.5) is 5.69 Å². The quantitative estimate of drug-likeness (QED) is 0.649. The molecule has 2 rings (SSSR count). The highest BCUT2D eigenvalue weighted by atomic mass is 79.9. The molecular weight excluding hydrogens is 242 g/mol. The Morgan fingerprint density at radius 2 is 2.36 bits per heavy atom. The molecule has 1 heterocycles. The van der Waals surface area contributed by atoms with E-state index in [1.807, 2.05) is 12.1 Å². The molecule has 0 bridgehead atoms. The van der Waals surface area contributed by atoms with Gasteiger partial charge >= 0.3 is 0 Å². The van der Waals surface area contributed by atoms with Gasteiger partial charge < -0.3 is 5.32 Å². The van der Waals surface area contributed by atoms with Crippen molar-refractivity contribution in [2.45, 2.75) is 12.8 Å². The molecule has 74 valence electrons. The molecule has 3 heteroatoms. The summed E-state index contributed by atoms with van der Waals surface area (Å²) in [6, 6.07) is 5.92. The van der Waals surface area contributed by atoms with Crippen LogP contribution < -0.4 is 5.32 Å². The molecule has 1 aromatic rings. The van der Waals surface area contributed by atoms with Gasteiger partial charge in [0.25, 0.3) is 0 Å². The fourth-order valence-electron chi connectivity index (χ4n) is 1.71. The van der Waals surface area contributed by atoms with Crippen molar-refractivity contribution in [2.75, 3.05) is 17.2 Å². The number of nitrogens with one attached hydrogen (secondary N) is 1. The van der Waals surface area contributed by atoms with Crippen LogP contribution in [0.15, 0.2) is 18.2 Å². The third-order valence-electron chi connectivity index (χ3n) is 2.49. The number of fused-ring (bicyclic) bond motifs is 1. The molecule has 1 N–H and O–H groups in total. The Morgan fingerprint density at radius 3 is 3.14 bits per heavy atom. The van der Waals surface area contributed by atoms with Gasteiger partial charge in [0.05, 0.1) is 5.33 Å². The number of hydrogen-bond acceptors (Lipinski definition) is 2. The van der Waals surface area contributed by atoms with E-state index in [0.717, 1.165) is 24.2 Å². The van der Waals surface area contributed by atoms with Crippen LogP contribution in [-0.4, -0.2) is 17.7 Å². The fourth-order valence-corrected chi connectivity index (χ4v) is 2.04. The number of carbonyl (C=O) groups excluding carboxylic acids is 1. The summed E-state index contributed by atoms with van der Waals surface area (Å²) in [6.07, 6.45) is 2.30. The Labute approximate surface area is 91.8 Å². The normalized spacial score (nSPS) is 14.4. The third-order valence-corrected chi connectivity index (χ3v) is 3.00. The first-order valence-electron chi connectivity index (χ1n) is 4.77. The maximum absolute atomic E-state index is 11.4. The van der Waals surface area contributed by atoms with E-state index in [0.29, 0.717) is 5.33 Å². The minimum atomic E-state index is 0.139. The van der Waals surface area contributed by atoms with Gasteiger partial charge in [0.2, 0.25) is 0 Å². The van der Waals surface area contributed by atoms with E-state index in [-0.39, 0.29) is 5.78 Å². The van der Waals surface area contributed by atoms with Crippen molar-refractivity contribution in [1.29, 1.82) is 0 Å².